The van der Waals surface area contributed by atoms with Crippen LogP contribution in [0, 0.1) is 0 Å². The minimum Gasteiger partial charge on any atom is -0.494 e. The van der Waals surface area contributed by atoms with Gasteiger partial charge >= 0.3 is 0 Å². The molecular formula is C13H22N4O2. The lowest BCUT2D eigenvalue weighted by atomic mass is 10.3. The molecule has 0 amide bonds. The number of aliphatic imine (C=N–C) groups is 1. The molecule has 0 aliphatic heterocycles. The van der Waals surface area contributed by atoms with Gasteiger partial charge in [0.1, 0.15) is 5.75 Å². The molecule has 0 saturated carbocycles. The number of para-hydroxylation sites is 1. The molecule has 6 nitrogen and oxygen atoms in total. The van der Waals surface area contributed by atoms with E-state index >= 15 is 0 Å². The highest BCUT2D eigenvalue weighted by molar-refractivity contribution is 5.79. The minimum absolute atomic E-state index is 0.566. The molecule has 0 heterocycles. The van der Waals surface area contributed by atoms with Crippen LogP contribution in [0.1, 0.15) is 6.42 Å². The van der Waals surface area contributed by atoms with E-state index in [4.69, 9.17) is 15.3 Å². The molecule has 1 aromatic carbocycles. The predicted octanol–water partition coefficient (Wildman–Crippen LogP) is 0.511. The summed E-state index contributed by atoms with van der Waals surface area (Å²) in [4.78, 5) is 4.28. The Bertz CT molecular complexity index is 357. The number of hydrazine groups is 1. The standard InChI is InChI=1S/C13H22N4O2/c1-18-11-9-16-13(17-14)15-8-5-10-19-12-6-3-2-4-7-12/h2-4,6-7H,5,8-11,14H2,1H3,(H2,15,16,17). The summed E-state index contributed by atoms with van der Waals surface area (Å²) < 4.78 is 10.5. The second-order valence-corrected chi connectivity index (χ2v) is 3.81. The summed E-state index contributed by atoms with van der Waals surface area (Å²) in [5, 5.41) is 3.03. The van der Waals surface area contributed by atoms with Crippen LogP contribution in [0.5, 0.6) is 5.75 Å². The fourth-order valence-electron chi connectivity index (χ4n) is 1.39. The van der Waals surface area contributed by atoms with Crippen LogP contribution < -0.4 is 21.3 Å². The van der Waals surface area contributed by atoms with Crippen LogP contribution in [0.25, 0.3) is 0 Å². The first kappa shape index (κ1) is 15.3. The van der Waals surface area contributed by atoms with Crippen LogP contribution >= 0.6 is 0 Å². The van der Waals surface area contributed by atoms with Crippen LogP contribution in [-0.4, -0.2) is 39.4 Å². The maximum Gasteiger partial charge on any atom is 0.205 e. The quantitative estimate of drug-likeness (QED) is 0.210. The van der Waals surface area contributed by atoms with Crippen molar-refractivity contribution < 1.29 is 9.47 Å². The lowest BCUT2D eigenvalue weighted by molar-refractivity contribution is 0.203. The van der Waals surface area contributed by atoms with E-state index in [9.17, 15) is 0 Å². The van der Waals surface area contributed by atoms with Crippen molar-refractivity contribution in [2.45, 2.75) is 6.42 Å². The Kier molecular flexibility index (Phi) is 8.17. The fourth-order valence-corrected chi connectivity index (χ4v) is 1.39. The van der Waals surface area contributed by atoms with Gasteiger partial charge in [-0.25, -0.2) is 5.84 Å². The Balaban J connectivity index is 2.13. The van der Waals surface area contributed by atoms with Gasteiger partial charge in [0.05, 0.1) is 13.2 Å². The Labute approximate surface area is 114 Å². The number of nitrogens with zero attached hydrogens (tertiary/aromatic N) is 1. The van der Waals surface area contributed by atoms with E-state index in [2.05, 4.69) is 15.7 Å². The highest BCUT2D eigenvalue weighted by Gasteiger charge is 1.95. The molecule has 0 aliphatic carbocycles. The number of guanidine groups is 1. The van der Waals surface area contributed by atoms with Gasteiger partial charge in [-0.1, -0.05) is 18.2 Å². The first-order valence-electron chi connectivity index (χ1n) is 6.28. The summed E-state index contributed by atoms with van der Waals surface area (Å²) in [6, 6.07) is 9.72. The van der Waals surface area contributed by atoms with Gasteiger partial charge in [0, 0.05) is 26.6 Å². The molecule has 4 N–H and O–H groups in total. The van der Waals surface area contributed by atoms with E-state index in [1.54, 1.807) is 7.11 Å². The largest absolute Gasteiger partial charge is 0.494 e. The zero-order valence-corrected chi connectivity index (χ0v) is 11.3. The van der Waals surface area contributed by atoms with Gasteiger partial charge < -0.3 is 14.8 Å². The molecule has 1 rings (SSSR count). The first-order valence-corrected chi connectivity index (χ1v) is 6.28. The molecule has 1 aromatic rings. The van der Waals surface area contributed by atoms with Crippen LogP contribution in [0.2, 0.25) is 0 Å². The second kappa shape index (κ2) is 10.2. The van der Waals surface area contributed by atoms with E-state index in [1.165, 1.54) is 0 Å². The van der Waals surface area contributed by atoms with Gasteiger partial charge in [-0.3, -0.25) is 10.4 Å². The third kappa shape index (κ3) is 7.28. The third-order valence-corrected chi connectivity index (χ3v) is 2.32. The molecule has 6 heteroatoms. The van der Waals surface area contributed by atoms with Gasteiger partial charge in [0.2, 0.25) is 5.96 Å². The molecule has 0 aliphatic rings. The Hall–Kier alpha value is -1.79. The molecule has 19 heavy (non-hydrogen) atoms. The summed E-state index contributed by atoms with van der Waals surface area (Å²) in [5.41, 5.74) is 2.51. The molecule has 106 valence electrons. The average Bonchev–Trinajstić information content (AvgIpc) is 2.46. The summed E-state index contributed by atoms with van der Waals surface area (Å²) in [6.07, 6.45) is 0.825. The average molecular weight is 266 g/mol. The molecule has 0 radical (unpaired) electrons. The predicted molar refractivity (Wildman–Crippen MR) is 76.1 cm³/mol. The number of hydrogen-bond acceptors (Lipinski definition) is 4. The van der Waals surface area contributed by atoms with Gasteiger partial charge in [-0.05, 0) is 12.1 Å². The second-order valence-electron chi connectivity index (χ2n) is 3.81. The normalized spacial score (nSPS) is 11.2. The lowest BCUT2D eigenvalue weighted by Crippen LogP contribution is -2.42. The van der Waals surface area contributed by atoms with Crippen LogP contribution in [-0.2, 0) is 4.74 Å². The number of rotatable bonds is 8. The van der Waals surface area contributed by atoms with Crippen molar-refractivity contribution in [2.24, 2.45) is 10.8 Å². The lowest BCUT2D eigenvalue weighted by Gasteiger charge is -2.08. The van der Waals surface area contributed by atoms with E-state index in [0.29, 0.717) is 32.3 Å². The van der Waals surface area contributed by atoms with Crippen LogP contribution in [0.4, 0.5) is 0 Å². The highest BCUT2D eigenvalue weighted by Crippen LogP contribution is 2.08. The maximum atomic E-state index is 5.56. The van der Waals surface area contributed by atoms with Crippen molar-refractivity contribution in [3.63, 3.8) is 0 Å². The van der Waals surface area contributed by atoms with E-state index < -0.39 is 0 Å². The minimum atomic E-state index is 0.566. The Morgan fingerprint density at radius 1 is 1.26 bits per heavy atom. The number of ether oxygens (including phenoxy) is 2. The van der Waals surface area contributed by atoms with E-state index in [0.717, 1.165) is 12.2 Å². The van der Waals surface area contributed by atoms with Gasteiger partial charge in [0.15, 0.2) is 0 Å². The zero-order chi connectivity index (χ0) is 13.8. The molecular weight excluding hydrogens is 244 g/mol. The fraction of sp³-hybridized carbons (Fsp3) is 0.462. The summed E-state index contributed by atoms with van der Waals surface area (Å²) in [7, 11) is 1.65. The van der Waals surface area contributed by atoms with Crippen molar-refractivity contribution in [1.82, 2.24) is 10.7 Å². The number of nitrogens with one attached hydrogen (secondary N) is 2. The Morgan fingerprint density at radius 3 is 2.74 bits per heavy atom. The number of hydrogen-bond donors (Lipinski definition) is 3. The molecule has 0 atom stereocenters. The molecule has 0 unspecified atom stereocenters. The summed E-state index contributed by atoms with van der Waals surface area (Å²) in [6.45, 7) is 2.55. The maximum absolute atomic E-state index is 5.56. The van der Waals surface area contributed by atoms with Crippen LogP contribution in [0.15, 0.2) is 35.3 Å². The van der Waals surface area contributed by atoms with Crippen molar-refractivity contribution in [3.05, 3.63) is 30.3 Å². The van der Waals surface area contributed by atoms with Gasteiger partial charge in [0.25, 0.3) is 0 Å². The van der Waals surface area contributed by atoms with Crippen molar-refractivity contribution in [2.75, 3.05) is 33.4 Å². The topological polar surface area (TPSA) is 80.9 Å². The van der Waals surface area contributed by atoms with Gasteiger partial charge in [-0.2, -0.15) is 0 Å². The summed E-state index contributed by atoms with van der Waals surface area (Å²) >= 11 is 0. The number of methoxy groups -OCH3 is 1. The van der Waals surface area contributed by atoms with Crippen molar-refractivity contribution >= 4 is 5.96 Å². The summed E-state index contributed by atoms with van der Waals surface area (Å²) in [5.74, 6) is 6.79. The highest BCUT2D eigenvalue weighted by atomic mass is 16.5. The van der Waals surface area contributed by atoms with Crippen LogP contribution in [0.3, 0.4) is 0 Å². The molecule has 0 saturated heterocycles. The van der Waals surface area contributed by atoms with Gasteiger partial charge in [-0.15, -0.1) is 0 Å². The molecule has 0 fully saturated rings. The Morgan fingerprint density at radius 2 is 2.05 bits per heavy atom. The monoisotopic (exact) mass is 266 g/mol. The molecule has 0 spiro atoms. The zero-order valence-electron chi connectivity index (χ0n) is 11.3. The smallest absolute Gasteiger partial charge is 0.205 e. The molecule has 0 aromatic heterocycles. The number of nitrogens with two attached hydrogens (primary N) is 1. The first-order chi connectivity index (χ1) is 9.36. The van der Waals surface area contributed by atoms with Crippen molar-refractivity contribution in [1.29, 1.82) is 0 Å². The third-order valence-electron chi connectivity index (χ3n) is 2.32. The van der Waals surface area contributed by atoms with E-state index in [1.807, 2.05) is 30.3 Å². The number of benzene rings is 1. The SMILES string of the molecule is COCCNC(=NCCCOc1ccccc1)NN. The van der Waals surface area contributed by atoms with E-state index in [-0.39, 0.29) is 0 Å². The van der Waals surface area contributed by atoms with Crippen molar-refractivity contribution in [3.8, 4) is 5.75 Å². The molecule has 0 bridgehead atoms.